The minimum Gasteiger partial charge on any atom is -0.303 e. The van der Waals surface area contributed by atoms with Crippen molar-refractivity contribution in [3.63, 3.8) is 0 Å². The predicted molar refractivity (Wildman–Crippen MR) is 88.4 cm³/mol. The molecule has 0 atom stereocenters. The lowest BCUT2D eigenvalue weighted by Gasteiger charge is -2.27. The van der Waals surface area contributed by atoms with Gasteiger partial charge in [0.2, 0.25) is 5.82 Å². The van der Waals surface area contributed by atoms with Gasteiger partial charge in [0.1, 0.15) is 0 Å². The maximum Gasteiger partial charge on any atom is 0.449 e. The molecule has 0 bridgehead atoms. The monoisotopic (exact) mass is 363 g/mol. The Bertz CT molecular complexity index is 1040. The molecule has 1 aliphatic heterocycles. The summed E-state index contributed by atoms with van der Waals surface area (Å²) in [5.41, 5.74) is 1.68. The molecule has 9 heteroatoms. The van der Waals surface area contributed by atoms with Gasteiger partial charge in [-0.1, -0.05) is 18.2 Å². The molecule has 0 amide bonds. The summed E-state index contributed by atoms with van der Waals surface area (Å²) in [4.78, 5) is 19.6. The number of aryl methyl sites for hydroxylation is 1. The lowest BCUT2D eigenvalue weighted by molar-refractivity contribution is -0.145. The molecule has 1 aliphatic rings. The highest BCUT2D eigenvalue weighted by atomic mass is 19.4. The van der Waals surface area contributed by atoms with E-state index >= 15 is 0 Å². The average molecular weight is 363 g/mol. The van der Waals surface area contributed by atoms with E-state index in [1.807, 2.05) is 41.2 Å². The number of hydrogen-bond acceptors (Lipinski definition) is 4. The van der Waals surface area contributed by atoms with Crippen LogP contribution in [-0.2, 0) is 32.7 Å². The molecule has 0 unspecified atom stereocenters. The van der Waals surface area contributed by atoms with Crippen LogP contribution in [0.3, 0.4) is 0 Å². The molecule has 4 rings (SSSR count). The topological polar surface area (TPSA) is 66.8 Å². The van der Waals surface area contributed by atoms with Gasteiger partial charge >= 0.3 is 6.18 Å². The number of H-pyrrole nitrogens is 1. The minimum absolute atomic E-state index is 0.225. The molecule has 0 saturated carbocycles. The number of para-hydroxylation sites is 1. The number of aromatic nitrogens is 4. The number of alkyl halides is 3. The summed E-state index contributed by atoms with van der Waals surface area (Å²) in [6, 6.07) is 7.84. The number of aromatic amines is 1. The van der Waals surface area contributed by atoms with Crippen LogP contribution in [-0.4, -0.2) is 31.2 Å². The van der Waals surface area contributed by atoms with Gasteiger partial charge in [-0.15, -0.1) is 0 Å². The average Bonchev–Trinajstić information content (AvgIpc) is 2.91. The van der Waals surface area contributed by atoms with Crippen molar-refractivity contribution in [1.82, 2.24) is 24.6 Å². The molecule has 1 N–H and O–H groups in total. The van der Waals surface area contributed by atoms with E-state index in [1.165, 1.54) is 0 Å². The van der Waals surface area contributed by atoms with E-state index in [2.05, 4.69) is 10.1 Å². The van der Waals surface area contributed by atoms with Crippen LogP contribution in [0.1, 0.15) is 22.8 Å². The lowest BCUT2D eigenvalue weighted by Crippen LogP contribution is -2.36. The second-order valence-corrected chi connectivity index (χ2v) is 6.39. The summed E-state index contributed by atoms with van der Waals surface area (Å²) in [5.74, 6) is -1.23. The van der Waals surface area contributed by atoms with E-state index in [9.17, 15) is 18.0 Å². The van der Waals surface area contributed by atoms with Crippen molar-refractivity contribution in [1.29, 1.82) is 0 Å². The maximum absolute atomic E-state index is 12.8. The Morgan fingerprint density at radius 2 is 2.04 bits per heavy atom. The number of nitrogens with zero attached hydrogens (tertiary/aromatic N) is 4. The van der Waals surface area contributed by atoms with Crippen molar-refractivity contribution >= 4 is 10.9 Å². The highest BCUT2D eigenvalue weighted by molar-refractivity contribution is 5.81. The van der Waals surface area contributed by atoms with Gasteiger partial charge in [0.25, 0.3) is 5.56 Å². The second-order valence-electron chi connectivity index (χ2n) is 6.39. The van der Waals surface area contributed by atoms with Crippen LogP contribution in [0, 0.1) is 0 Å². The Balaban J connectivity index is 1.62. The van der Waals surface area contributed by atoms with Crippen molar-refractivity contribution in [3.05, 3.63) is 57.4 Å². The molecule has 2 aromatic heterocycles. The second kappa shape index (κ2) is 5.94. The Morgan fingerprint density at radius 3 is 2.81 bits per heavy atom. The number of benzene rings is 1. The fourth-order valence-electron chi connectivity index (χ4n) is 3.37. The number of fused-ring (bicyclic) bond motifs is 2. The van der Waals surface area contributed by atoms with E-state index in [-0.39, 0.29) is 12.2 Å². The van der Waals surface area contributed by atoms with Crippen LogP contribution in [0.2, 0.25) is 0 Å². The third-order valence-electron chi connectivity index (χ3n) is 4.62. The number of nitrogens with one attached hydrogen (secondary N) is 1. The van der Waals surface area contributed by atoms with Gasteiger partial charge in [-0.2, -0.15) is 18.3 Å². The fraction of sp³-hybridized carbons (Fsp3) is 0.353. The van der Waals surface area contributed by atoms with Crippen LogP contribution in [0.25, 0.3) is 10.9 Å². The molecular weight excluding hydrogens is 347 g/mol. The molecule has 3 heterocycles. The number of halogens is 3. The summed E-state index contributed by atoms with van der Waals surface area (Å²) in [6.45, 7) is 1.29. The van der Waals surface area contributed by atoms with E-state index in [0.29, 0.717) is 25.1 Å². The van der Waals surface area contributed by atoms with E-state index in [4.69, 9.17) is 0 Å². The van der Waals surface area contributed by atoms with Gasteiger partial charge < -0.3 is 4.98 Å². The Labute approximate surface area is 146 Å². The molecule has 3 aromatic rings. The highest BCUT2D eigenvalue weighted by Crippen LogP contribution is 2.27. The van der Waals surface area contributed by atoms with Crippen LogP contribution in [0.15, 0.2) is 29.1 Å². The Kier molecular flexibility index (Phi) is 3.83. The highest BCUT2D eigenvalue weighted by Gasteiger charge is 2.36. The zero-order valence-electron chi connectivity index (χ0n) is 14.0. The summed E-state index contributed by atoms with van der Waals surface area (Å²) in [5, 5.41) is 5.56. The van der Waals surface area contributed by atoms with Crippen molar-refractivity contribution in [2.45, 2.75) is 25.7 Å². The van der Waals surface area contributed by atoms with Crippen molar-refractivity contribution in [3.8, 4) is 0 Å². The van der Waals surface area contributed by atoms with E-state index in [1.54, 1.807) is 4.68 Å². The first kappa shape index (κ1) is 16.8. The summed E-state index contributed by atoms with van der Waals surface area (Å²) < 4.78 is 40.2. The van der Waals surface area contributed by atoms with Crippen molar-refractivity contribution < 1.29 is 13.2 Å². The Hall–Kier alpha value is -2.68. The lowest BCUT2D eigenvalue weighted by atomic mass is 10.1. The Morgan fingerprint density at radius 1 is 1.27 bits per heavy atom. The summed E-state index contributed by atoms with van der Waals surface area (Å²) >= 11 is 0. The molecule has 26 heavy (non-hydrogen) atoms. The normalized spacial score (nSPS) is 15.4. The van der Waals surface area contributed by atoms with Gasteiger partial charge in [0.15, 0.2) is 0 Å². The smallest absolute Gasteiger partial charge is 0.303 e. The van der Waals surface area contributed by atoms with Crippen molar-refractivity contribution in [2.24, 2.45) is 7.05 Å². The fourth-order valence-corrected chi connectivity index (χ4v) is 3.37. The number of rotatable bonds is 2. The molecule has 1 aromatic carbocycles. The first-order valence-corrected chi connectivity index (χ1v) is 8.15. The summed E-state index contributed by atoms with van der Waals surface area (Å²) in [7, 11) is 1.87. The molecule has 0 aliphatic carbocycles. The standard InChI is InChI=1S/C17H16F3N5O/c1-24-14-5-3-2-4-10(14)13(23-24)9-25-7-6-12-11(8-25)15(26)22-16(21-12)17(18,19)20/h2-5H,6-9H2,1H3,(H,21,22,26). The molecule has 0 radical (unpaired) electrons. The first-order chi connectivity index (χ1) is 12.3. The quantitative estimate of drug-likeness (QED) is 0.758. The predicted octanol–water partition coefficient (Wildman–Crippen LogP) is 2.23. The molecule has 136 valence electrons. The largest absolute Gasteiger partial charge is 0.449 e. The minimum atomic E-state index is -4.65. The molecule has 0 fully saturated rings. The van der Waals surface area contributed by atoms with Gasteiger partial charge in [-0.05, 0) is 6.07 Å². The van der Waals surface area contributed by atoms with E-state index < -0.39 is 17.6 Å². The summed E-state index contributed by atoms with van der Waals surface area (Å²) in [6.07, 6.45) is -4.36. The van der Waals surface area contributed by atoms with Crippen LogP contribution in [0.4, 0.5) is 13.2 Å². The maximum atomic E-state index is 12.8. The van der Waals surface area contributed by atoms with Crippen LogP contribution >= 0.6 is 0 Å². The molecule has 0 spiro atoms. The van der Waals surface area contributed by atoms with Gasteiger partial charge in [0.05, 0.1) is 22.5 Å². The molecular formula is C17H16F3N5O. The third-order valence-corrected chi connectivity index (χ3v) is 4.62. The molecule has 6 nitrogen and oxygen atoms in total. The van der Waals surface area contributed by atoms with Crippen molar-refractivity contribution in [2.75, 3.05) is 6.54 Å². The SMILES string of the molecule is Cn1nc(CN2CCc3nc(C(F)(F)F)[nH]c(=O)c3C2)c2ccccc21. The zero-order valence-corrected chi connectivity index (χ0v) is 14.0. The third kappa shape index (κ3) is 2.88. The van der Waals surface area contributed by atoms with Crippen LogP contribution < -0.4 is 5.56 Å². The van der Waals surface area contributed by atoms with Crippen LogP contribution in [0.5, 0.6) is 0 Å². The van der Waals surface area contributed by atoms with E-state index in [0.717, 1.165) is 16.6 Å². The molecule has 0 saturated heterocycles. The van der Waals surface area contributed by atoms with Gasteiger partial charge in [0, 0.05) is 38.5 Å². The zero-order chi connectivity index (χ0) is 18.5. The first-order valence-electron chi connectivity index (χ1n) is 8.15. The van der Waals surface area contributed by atoms with Gasteiger partial charge in [-0.3, -0.25) is 14.4 Å². The number of hydrogen-bond donors (Lipinski definition) is 1. The van der Waals surface area contributed by atoms with Gasteiger partial charge in [-0.25, -0.2) is 4.98 Å².